The molecule has 7 nitrogen and oxygen atoms in total. The Balaban J connectivity index is 1.51. The number of benzene rings is 2. The molecule has 1 saturated heterocycles. The summed E-state index contributed by atoms with van der Waals surface area (Å²) in [6, 6.07) is 13.0. The SMILES string of the molecule is Cn1nccc1-c1cc(NC(=O)c2cccc(F)c2)ccc1OCCN1CCNCC1. The minimum Gasteiger partial charge on any atom is -0.492 e. The molecular weight excluding hydrogens is 397 g/mol. The molecule has 0 radical (unpaired) electrons. The summed E-state index contributed by atoms with van der Waals surface area (Å²) in [5, 5.41) is 10.4. The molecule has 0 aliphatic carbocycles. The van der Waals surface area contributed by atoms with Crippen LogP contribution in [-0.2, 0) is 7.05 Å². The van der Waals surface area contributed by atoms with Crippen molar-refractivity contribution in [3.63, 3.8) is 0 Å². The van der Waals surface area contributed by atoms with Crippen molar-refractivity contribution in [2.75, 3.05) is 44.6 Å². The standard InChI is InChI=1S/C23H26FN5O2/c1-28-21(7-8-26-28)20-16-19(27-23(30)17-3-2-4-18(24)15-17)5-6-22(20)31-14-13-29-11-9-25-10-12-29/h2-8,15-16,25H,9-14H2,1H3,(H,27,30). The van der Waals surface area contributed by atoms with Gasteiger partial charge in [-0.25, -0.2) is 4.39 Å². The van der Waals surface area contributed by atoms with E-state index in [2.05, 4.69) is 20.6 Å². The Morgan fingerprint density at radius 2 is 2.03 bits per heavy atom. The lowest BCUT2D eigenvalue weighted by Gasteiger charge is -2.27. The van der Waals surface area contributed by atoms with Gasteiger partial charge in [-0.15, -0.1) is 0 Å². The maximum absolute atomic E-state index is 13.5. The summed E-state index contributed by atoms with van der Waals surface area (Å²) in [5.74, 6) is -0.0956. The molecule has 2 heterocycles. The number of aromatic nitrogens is 2. The van der Waals surface area contributed by atoms with Crippen molar-refractivity contribution in [2.45, 2.75) is 0 Å². The Morgan fingerprint density at radius 3 is 2.77 bits per heavy atom. The number of hydrogen-bond acceptors (Lipinski definition) is 5. The lowest BCUT2D eigenvalue weighted by molar-refractivity contribution is 0.102. The normalized spacial score (nSPS) is 14.4. The first kappa shape index (κ1) is 21.0. The maximum atomic E-state index is 13.5. The van der Waals surface area contributed by atoms with Gasteiger partial charge in [0.1, 0.15) is 18.2 Å². The molecule has 31 heavy (non-hydrogen) atoms. The van der Waals surface area contributed by atoms with E-state index in [1.807, 2.05) is 25.2 Å². The number of amides is 1. The first-order valence-corrected chi connectivity index (χ1v) is 10.4. The summed E-state index contributed by atoms with van der Waals surface area (Å²) in [6.45, 7) is 5.45. The first-order chi connectivity index (χ1) is 15.1. The average Bonchev–Trinajstić information content (AvgIpc) is 3.21. The zero-order valence-corrected chi connectivity index (χ0v) is 17.5. The fourth-order valence-electron chi connectivity index (χ4n) is 3.62. The monoisotopic (exact) mass is 423 g/mol. The summed E-state index contributed by atoms with van der Waals surface area (Å²) in [4.78, 5) is 14.9. The smallest absolute Gasteiger partial charge is 0.255 e. The van der Waals surface area contributed by atoms with E-state index in [1.54, 1.807) is 23.0 Å². The topological polar surface area (TPSA) is 71.4 Å². The predicted octanol–water partition coefficient (Wildman–Crippen LogP) is 2.76. The van der Waals surface area contributed by atoms with Crippen molar-refractivity contribution in [1.29, 1.82) is 0 Å². The molecule has 0 spiro atoms. The van der Waals surface area contributed by atoms with Gasteiger partial charge in [0.15, 0.2) is 0 Å². The van der Waals surface area contributed by atoms with E-state index < -0.39 is 5.82 Å². The van der Waals surface area contributed by atoms with E-state index >= 15 is 0 Å². The number of nitrogens with zero attached hydrogens (tertiary/aromatic N) is 3. The average molecular weight is 423 g/mol. The lowest BCUT2D eigenvalue weighted by atomic mass is 10.1. The van der Waals surface area contributed by atoms with E-state index in [0.717, 1.165) is 49.7 Å². The predicted molar refractivity (Wildman–Crippen MR) is 118 cm³/mol. The van der Waals surface area contributed by atoms with E-state index in [0.29, 0.717) is 12.3 Å². The number of carbonyl (C=O) groups excluding carboxylic acids is 1. The molecule has 0 bridgehead atoms. The third-order valence-electron chi connectivity index (χ3n) is 5.30. The van der Waals surface area contributed by atoms with Crippen LogP contribution in [0, 0.1) is 5.82 Å². The Labute approximate surface area is 180 Å². The van der Waals surface area contributed by atoms with Crippen LogP contribution >= 0.6 is 0 Å². The second kappa shape index (κ2) is 9.72. The zero-order chi connectivity index (χ0) is 21.6. The molecule has 2 aromatic carbocycles. The maximum Gasteiger partial charge on any atom is 0.255 e. The van der Waals surface area contributed by atoms with E-state index in [-0.39, 0.29) is 11.5 Å². The second-order valence-corrected chi connectivity index (χ2v) is 7.46. The summed E-state index contributed by atoms with van der Waals surface area (Å²) < 4.78 is 21.3. The van der Waals surface area contributed by atoms with Crippen LogP contribution in [0.5, 0.6) is 5.75 Å². The summed E-state index contributed by atoms with van der Waals surface area (Å²) in [6.07, 6.45) is 1.72. The van der Waals surface area contributed by atoms with Gasteiger partial charge in [0.05, 0.1) is 5.69 Å². The summed E-state index contributed by atoms with van der Waals surface area (Å²) in [7, 11) is 1.86. The molecule has 1 aliphatic rings. The van der Waals surface area contributed by atoms with Crippen molar-refractivity contribution in [2.24, 2.45) is 7.05 Å². The van der Waals surface area contributed by atoms with Crippen LogP contribution < -0.4 is 15.4 Å². The Kier molecular flexibility index (Phi) is 6.59. The van der Waals surface area contributed by atoms with Crippen molar-refractivity contribution < 1.29 is 13.9 Å². The largest absolute Gasteiger partial charge is 0.492 e. The van der Waals surface area contributed by atoms with Gasteiger partial charge < -0.3 is 15.4 Å². The van der Waals surface area contributed by atoms with Crippen LogP contribution in [0.15, 0.2) is 54.7 Å². The highest BCUT2D eigenvalue weighted by molar-refractivity contribution is 6.04. The Hall–Kier alpha value is -3.23. The Morgan fingerprint density at radius 1 is 1.19 bits per heavy atom. The quantitative estimate of drug-likeness (QED) is 0.612. The van der Waals surface area contributed by atoms with Gasteiger partial charge in [-0.05, 0) is 42.5 Å². The highest BCUT2D eigenvalue weighted by Crippen LogP contribution is 2.32. The number of piperazine rings is 1. The van der Waals surface area contributed by atoms with Gasteiger partial charge in [0.2, 0.25) is 0 Å². The number of halogens is 1. The third-order valence-corrected chi connectivity index (χ3v) is 5.30. The molecule has 0 saturated carbocycles. The fourth-order valence-corrected chi connectivity index (χ4v) is 3.62. The molecule has 162 valence electrons. The summed E-state index contributed by atoms with van der Waals surface area (Å²) in [5.41, 5.74) is 2.56. The molecule has 2 N–H and O–H groups in total. The fraction of sp³-hybridized carbons (Fsp3) is 0.304. The minimum absolute atomic E-state index is 0.262. The van der Waals surface area contributed by atoms with Crippen LogP contribution in [0.3, 0.4) is 0 Å². The number of rotatable bonds is 7. The number of aryl methyl sites for hydroxylation is 1. The number of anilines is 1. The van der Waals surface area contributed by atoms with Gasteiger partial charge in [-0.2, -0.15) is 5.10 Å². The van der Waals surface area contributed by atoms with Crippen LogP contribution in [0.25, 0.3) is 11.3 Å². The van der Waals surface area contributed by atoms with Crippen LogP contribution in [0.1, 0.15) is 10.4 Å². The molecule has 1 amide bonds. The molecule has 3 aromatic rings. The van der Waals surface area contributed by atoms with Crippen molar-refractivity contribution >= 4 is 11.6 Å². The van der Waals surface area contributed by atoms with Gasteiger partial charge in [-0.1, -0.05) is 6.07 Å². The molecule has 0 atom stereocenters. The highest BCUT2D eigenvalue weighted by Gasteiger charge is 2.15. The zero-order valence-electron chi connectivity index (χ0n) is 17.5. The molecule has 1 aliphatic heterocycles. The Bertz CT molecular complexity index is 1050. The van der Waals surface area contributed by atoms with Crippen molar-refractivity contribution in [3.05, 3.63) is 66.1 Å². The van der Waals surface area contributed by atoms with Crippen LogP contribution in [-0.4, -0.2) is 59.9 Å². The molecule has 0 unspecified atom stereocenters. The third kappa shape index (κ3) is 5.28. The van der Waals surface area contributed by atoms with Crippen LogP contribution in [0.4, 0.5) is 10.1 Å². The van der Waals surface area contributed by atoms with E-state index in [9.17, 15) is 9.18 Å². The molecule has 8 heteroatoms. The highest BCUT2D eigenvalue weighted by atomic mass is 19.1. The molecule has 4 rings (SSSR count). The number of ether oxygens (including phenoxy) is 1. The second-order valence-electron chi connectivity index (χ2n) is 7.46. The number of nitrogens with one attached hydrogen (secondary N) is 2. The summed E-state index contributed by atoms with van der Waals surface area (Å²) >= 11 is 0. The van der Waals surface area contributed by atoms with E-state index in [1.165, 1.54) is 18.2 Å². The molecular formula is C23H26FN5O2. The number of hydrogen-bond donors (Lipinski definition) is 2. The molecule has 1 aromatic heterocycles. The first-order valence-electron chi connectivity index (χ1n) is 10.4. The van der Waals surface area contributed by atoms with Gasteiger partial charge in [0, 0.05) is 62.8 Å². The number of carbonyl (C=O) groups is 1. The van der Waals surface area contributed by atoms with Gasteiger partial charge in [0.25, 0.3) is 5.91 Å². The van der Waals surface area contributed by atoms with Crippen molar-refractivity contribution in [3.8, 4) is 17.0 Å². The molecule has 1 fully saturated rings. The van der Waals surface area contributed by atoms with E-state index in [4.69, 9.17) is 4.74 Å². The lowest BCUT2D eigenvalue weighted by Crippen LogP contribution is -2.44. The van der Waals surface area contributed by atoms with Gasteiger partial charge in [-0.3, -0.25) is 14.4 Å². The van der Waals surface area contributed by atoms with Crippen LogP contribution in [0.2, 0.25) is 0 Å². The van der Waals surface area contributed by atoms with Gasteiger partial charge >= 0.3 is 0 Å². The minimum atomic E-state index is -0.448. The van der Waals surface area contributed by atoms with Crippen molar-refractivity contribution in [1.82, 2.24) is 20.0 Å².